The highest BCUT2D eigenvalue weighted by atomic mass is 16.7. The van der Waals surface area contributed by atoms with Crippen molar-refractivity contribution < 1.29 is 23.5 Å². The van der Waals surface area contributed by atoms with Crippen molar-refractivity contribution >= 4 is 17.5 Å². The molecule has 3 heterocycles. The fourth-order valence-electron chi connectivity index (χ4n) is 3.17. The third-order valence-electron chi connectivity index (χ3n) is 4.41. The number of rotatable bonds is 3. The average Bonchev–Trinajstić information content (AvgIpc) is 3.38. The van der Waals surface area contributed by atoms with Gasteiger partial charge in [-0.25, -0.2) is 0 Å². The Labute approximate surface area is 144 Å². The van der Waals surface area contributed by atoms with Crippen molar-refractivity contribution in [3.63, 3.8) is 0 Å². The monoisotopic (exact) mass is 342 g/mol. The highest BCUT2D eigenvalue weighted by molar-refractivity contribution is 6.03. The van der Waals surface area contributed by atoms with Crippen LogP contribution in [0.5, 0.6) is 0 Å². The normalized spacial score (nSPS) is 18.6. The Morgan fingerprint density at radius 2 is 1.96 bits per heavy atom. The van der Waals surface area contributed by atoms with Crippen molar-refractivity contribution in [3.8, 4) is 0 Å². The Kier molecular flexibility index (Phi) is 4.03. The lowest BCUT2D eigenvalue weighted by Crippen LogP contribution is -2.36. The van der Waals surface area contributed by atoms with E-state index < -0.39 is 5.79 Å². The summed E-state index contributed by atoms with van der Waals surface area (Å²) in [7, 11) is 0. The molecule has 2 saturated heterocycles. The molecule has 0 bridgehead atoms. The van der Waals surface area contributed by atoms with Gasteiger partial charge in [0.2, 0.25) is 0 Å². The SMILES string of the molecule is O=C(Nc1cccc(C(=O)N2CCC3(C2)OCCO3)c1)c1ccco1. The van der Waals surface area contributed by atoms with Gasteiger partial charge in [-0.05, 0) is 30.3 Å². The summed E-state index contributed by atoms with van der Waals surface area (Å²) in [4.78, 5) is 26.5. The maximum absolute atomic E-state index is 12.7. The number of hydrogen-bond acceptors (Lipinski definition) is 5. The lowest BCUT2D eigenvalue weighted by atomic mass is 10.1. The second-order valence-electron chi connectivity index (χ2n) is 6.10. The molecule has 2 aromatic rings. The first-order valence-corrected chi connectivity index (χ1v) is 8.17. The molecule has 2 amide bonds. The van der Waals surface area contributed by atoms with E-state index in [1.54, 1.807) is 41.3 Å². The Bertz CT molecular complexity index is 781. The van der Waals surface area contributed by atoms with Gasteiger partial charge >= 0.3 is 0 Å². The fraction of sp³-hybridized carbons (Fsp3) is 0.333. The van der Waals surface area contributed by atoms with E-state index in [1.165, 1.54) is 6.26 Å². The molecule has 2 aliphatic rings. The Balaban J connectivity index is 1.46. The maximum atomic E-state index is 12.7. The minimum Gasteiger partial charge on any atom is -0.459 e. The van der Waals surface area contributed by atoms with E-state index in [0.717, 1.165) is 0 Å². The summed E-state index contributed by atoms with van der Waals surface area (Å²) < 4.78 is 16.4. The molecular weight excluding hydrogens is 324 g/mol. The zero-order chi connectivity index (χ0) is 17.3. The van der Waals surface area contributed by atoms with Crippen LogP contribution < -0.4 is 5.32 Å². The predicted molar refractivity (Wildman–Crippen MR) is 88.3 cm³/mol. The number of ether oxygens (including phenoxy) is 2. The topological polar surface area (TPSA) is 81.0 Å². The second kappa shape index (κ2) is 6.34. The molecule has 2 fully saturated rings. The lowest BCUT2D eigenvalue weighted by molar-refractivity contribution is -0.143. The number of likely N-dealkylation sites (tertiary alicyclic amines) is 1. The van der Waals surface area contributed by atoms with Gasteiger partial charge in [0.1, 0.15) is 0 Å². The van der Waals surface area contributed by atoms with Gasteiger partial charge in [-0.3, -0.25) is 9.59 Å². The van der Waals surface area contributed by atoms with Crippen molar-refractivity contribution in [1.82, 2.24) is 4.90 Å². The van der Waals surface area contributed by atoms with E-state index in [9.17, 15) is 9.59 Å². The minimum absolute atomic E-state index is 0.106. The number of nitrogens with zero attached hydrogens (tertiary/aromatic N) is 1. The van der Waals surface area contributed by atoms with Crippen LogP contribution in [-0.2, 0) is 9.47 Å². The molecule has 0 radical (unpaired) electrons. The smallest absolute Gasteiger partial charge is 0.291 e. The number of nitrogens with one attached hydrogen (secondary N) is 1. The third kappa shape index (κ3) is 3.16. The van der Waals surface area contributed by atoms with Crippen LogP contribution in [0.2, 0.25) is 0 Å². The summed E-state index contributed by atoms with van der Waals surface area (Å²) in [6.07, 6.45) is 2.11. The van der Waals surface area contributed by atoms with Crippen molar-refractivity contribution in [1.29, 1.82) is 0 Å². The average molecular weight is 342 g/mol. The highest BCUT2D eigenvalue weighted by Crippen LogP contribution is 2.31. The molecule has 0 saturated carbocycles. The zero-order valence-electron chi connectivity index (χ0n) is 13.6. The molecule has 2 aliphatic heterocycles. The summed E-state index contributed by atoms with van der Waals surface area (Å²) in [5, 5.41) is 2.73. The van der Waals surface area contributed by atoms with Crippen LogP contribution in [0.4, 0.5) is 5.69 Å². The quantitative estimate of drug-likeness (QED) is 0.924. The van der Waals surface area contributed by atoms with Gasteiger partial charge in [-0.1, -0.05) is 6.07 Å². The van der Waals surface area contributed by atoms with E-state index in [0.29, 0.717) is 44.0 Å². The van der Waals surface area contributed by atoms with E-state index >= 15 is 0 Å². The molecule has 25 heavy (non-hydrogen) atoms. The second-order valence-corrected chi connectivity index (χ2v) is 6.10. The number of amides is 2. The third-order valence-corrected chi connectivity index (χ3v) is 4.41. The Hall–Kier alpha value is -2.64. The molecule has 0 unspecified atom stereocenters. The first kappa shape index (κ1) is 15.9. The predicted octanol–water partition coefficient (Wildman–Crippen LogP) is 2.12. The van der Waals surface area contributed by atoms with E-state index in [2.05, 4.69) is 5.32 Å². The van der Waals surface area contributed by atoms with Crippen LogP contribution in [0.1, 0.15) is 27.3 Å². The molecule has 1 aromatic heterocycles. The molecule has 7 nitrogen and oxygen atoms in total. The van der Waals surface area contributed by atoms with Gasteiger partial charge in [-0.15, -0.1) is 0 Å². The molecule has 1 spiro atoms. The summed E-state index contributed by atoms with van der Waals surface area (Å²) in [5.41, 5.74) is 1.04. The molecular formula is C18H18N2O5. The molecule has 0 aliphatic carbocycles. The number of furan rings is 1. The van der Waals surface area contributed by atoms with Crippen LogP contribution in [0.3, 0.4) is 0 Å². The van der Waals surface area contributed by atoms with Crippen LogP contribution >= 0.6 is 0 Å². The van der Waals surface area contributed by atoms with Gasteiger partial charge in [0.05, 0.1) is 26.0 Å². The minimum atomic E-state index is -0.638. The summed E-state index contributed by atoms with van der Waals surface area (Å²) in [6.45, 7) is 2.14. The number of anilines is 1. The van der Waals surface area contributed by atoms with Crippen LogP contribution in [0.25, 0.3) is 0 Å². The van der Waals surface area contributed by atoms with Crippen molar-refractivity contribution in [2.75, 3.05) is 31.6 Å². The number of carbonyl (C=O) groups excluding carboxylic acids is 2. The van der Waals surface area contributed by atoms with Crippen molar-refractivity contribution in [3.05, 3.63) is 54.0 Å². The summed E-state index contributed by atoms with van der Waals surface area (Å²) in [5.74, 6) is -0.887. The van der Waals surface area contributed by atoms with Crippen LogP contribution in [0, 0.1) is 0 Å². The van der Waals surface area contributed by atoms with E-state index in [4.69, 9.17) is 13.9 Å². The van der Waals surface area contributed by atoms with Crippen molar-refractivity contribution in [2.24, 2.45) is 0 Å². The lowest BCUT2D eigenvalue weighted by Gasteiger charge is -2.22. The summed E-state index contributed by atoms with van der Waals surface area (Å²) in [6, 6.07) is 10.1. The molecule has 7 heteroatoms. The summed E-state index contributed by atoms with van der Waals surface area (Å²) >= 11 is 0. The first-order chi connectivity index (χ1) is 12.2. The van der Waals surface area contributed by atoms with Gasteiger partial charge < -0.3 is 24.1 Å². The van der Waals surface area contributed by atoms with Gasteiger partial charge in [-0.2, -0.15) is 0 Å². The zero-order valence-corrected chi connectivity index (χ0v) is 13.6. The van der Waals surface area contributed by atoms with Gasteiger partial charge in [0, 0.05) is 24.2 Å². The molecule has 0 atom stereocenters. The largest absolute Gasteiger partial charge is 0.459 e. The Morgan fingerprint density at radius 1 is 1.12 bits per heavy atom. The molecule has 1 N–H and O–H groups in total. The van der Waals surface area contributed by atoms with Crippen LogP contribution in [0.15, 0.2) is 47.1 Å². The number of hydrogen-bond donors (Lipinski definition) is 1. The number of carbonyl (C=O) groups is 2. The standard InChI is InChI=1S/C18H18N2O5/c21-16(15-5-2-8-23-15)19-14-4-1-3-13(11-14)17(22)20-7-6-18(12-20)24-9-10-25-18/h1-5,8,11H,6-7,9-10,12H2,(H,19,21). The molecule has 4 rings (SSSR count). The van der Waals surface area contributed by atoms with Gasteiger partial charge in [0.15, 0.2) is 11.5 Å². The fourth-order valence-corrected chi connectivity index (χ4v) is 3.17. The van der Waals surface area contributed by atoms with Crippen molar-refractivity contribution in [2.45, 2.75) is 12.2 Å². The van der Waals surface area contributed by atoms with Gasteiger partial charge in [0.25, 0.3) is 11.8 Å². The highest BCUT2D eigenvalue weighted by Gasteiger charge is 2.44. The maximum Gasteiger partial charge on any atom is 0.291 e. The molecule has 130 valence electrons. The van der Waals surface area contributed by atoms with Crippen LogP contribution in [-0.4, -0.2) is 48.8 Å². The molecule has 1 aromatic carbocycles. The Morgan fingerprint density at radius 3 is 2.72 bits per heavy atom. The van der Waals surface area contributed by atoms with E-state index in [1.807, 2.05) is 0 Å². The first-order valence-electron chi connectivity index (χ1n) is 8.17. The van der Waals surface area contributed by atoms with E-state index in [-0.39, 0.29) is 17.6 Å². The number of benzene rings is 1.